The summed E-state index contributed by atoms with van der Waals surface area (Å²) >= 11 is 3.47. The van der Waals surface area contributed by atoms with Crippen LogP contribution < -0.4 is 0 Å². The number of halogens is 1. The molecule has 2 rings (SSSR count). The maximum Gasteiger partial charge on any atom is 0.303 e. The highest BCUT2D eigenvalue weighted by atomic mass is 79.9. The van der Waals surface area contributed by atoms with E-state index in [0.29, 0.717) is 18.3 Å². The summed E-state index contributed by atoms with van der Waals surface area (Å²) in [5, 5.41) is 8.60. The molecule has 1 aliphatic rings. The van der Waals surface area contributed by atoms with Gasteiger partial charge in [-0.3, -0.25) is 4.79 Å². The third kappa shape index (κ3) is 2.85. The van der Waals surface area contributed by atoms with E-state index in [9.17, 15) is 4.79 Å². The molecule has 1 aromatic rings. The predicted molar refractivity (Wildman–Crippen MR) is 66.5 cm³/mol. The van der Waals surface area contributed by atoms with E-state index in [4.69, 9.17) is 5.11 Å². The number of benzene rings is 1. The first-order chi connectivity index (χ1) is 7.65. The van der Waals surface area contributed by atoms with E-state index in [1.807, 2.05) is 6.07 Å². The second-order valence-electron chi connectivity index (χ2n) is 4.52. The molecule has 1 aromatic carbocycles. The van der Waals surface area contributed by atoms with Gasteiger partial charge < -0.3 is 5.11 Å². The van der Waals surface area contributed by atoms with E-state index >= 15 is 0 Å². The fraction of sp³-hybridized carbons (Fsp3) is 0.462. The molecule has 0 amide bonds. The molecule has 3 heteroatoms. The van der Waals surface area contributed by atoms with Crippen LogP contribution in [-0.2, 0) is 4.79 Å². The van der Waals surface area contributed by atoms with Gasteiger partial charge >= 0.3 is 5.97 Å². The van der Waals surface area contributed by atoms with Gasteiger partial charge in [0.2, 0.25) is 0 Å². The topological polar surface area (TPSA) is 37.3 Å². The maximum absolute atomic E-state index is 10.4. The van der Waals surface area contributed by atoms with E-state index in [1.165, 1.54) is 5.56 Å². The highest BCUT2D eigenvalue weighted by Crippen LogP contribution is 2.44. The molecule has 16 heavy (non-hydrogen) atoms. The van der Waals surface area contributed by atoms with Gasteiger partial charge in [0, 0.05) is 10.9 Å². The van der Waals surface area contributed by atoms with Crippen LogP contribution in [0.25, 0.3) is 0 Å². The van der Waals surface area contributed by atoms with Gasteiger partial charge in [-0.2, -0.15) is 0 Å². The van der Waals surface area contributed by atoms with Crippen LogP contribution in [0.5, 0.6) is 0 Å². The number of hydrogen-bond donors (Lipinski definition) is 1. The molecule has 1 saturated carbocycles. The molecule has 0 spiro atoms. The second-order valence-corrected chi connectivity index (χ2v) is 5.44. The van der Waals surface area contributed by atoms with Crippen LogP contribution in [0.4, 0.5) is 0 Å². The van der Waals surface area contributed by atoms with Crippen molar-refractivity contribution >= 4 is 21.9 Å². The average Bonchev–Trinajstić information content (AvgIpc) is 2.14. The summed E-state index contributed by atoms with van der Waals surface area (Å²) in [5.74, 6) is 0.572. The number of hydrogen-bond acceptors (Lipinski definition) is 1. The Morgan fingerprint density at radius 3 is 2.81 bits per heavy atom. The van der Waals surface area contributed by atoms with Gasteiger partial charge in [0.1, 0.15) is 0 Å². The van der Waals surface area contributed by atoms with Crippen molar-refractivity contribution < 1.29 is 9.90 Å². The minimum Gasteiger partial charge on any atom is -0.481 e. The average molecular weight is 283 g/mol. The van der Waals surface area contributed by atoms with E-state index in [2.05, 4.69) is 34.1 Å². The lowest BCUT2D eigenvalue weighted by atomic mass is 9.70. The summed E-state index contributed by atoms with van der Waals surface area (Å²) in [7, 11) is 0. The number of carbonyl (C=O) groups is 1. The van der Waals surface area contributed by atoms with Crippen molar-refractivity contribution in [3.05, 3.63) is 34.3 Å². The lowest BCUT2D eigenvalue weighted by Crippen LogP contribution is -2.22. The number of carboxylic acids is 1. The molecule has 0 aromatic heterocycles. The van der Waals surface area contributed by atoms with Crippen LogP contribution in [0, 0.1) is 5.92 Å². The summed E-state index contributed by atoms with van der Waals surface area (Å²) in [6, 6.07) is 8.41. The van der Waals surface area contributed by atoms with Crippen LogP contribution >= 0.6 is 15.9 Å². The summed E-state index contributed by atoms with van der Waals surface area (Å²) in [4.78, 5) is 10.4. The quantitative estimate of drug-likeness (QED) is 0.912. The smallest absolute Gasteiger partial charge is 0.303 e. The molecule has 0 unspecified atom stereocenters. The molecule has 0 aliphatic heterocycles. The van der Waals surface area contributed by atoms with Crippen LogP contribution in [-0.4, -0.2) is 11.1 Å². The lowest BCUT2D eigenvalue weighted by Gasteiger charge is -2.35. The zero-order chi connectivity index (χ0) is 11.5. The summed E-state index contributed by atoms with van der Waals surface area (Å²) < 4.78 is 1.12. The summed E-state index contributed by atoms with van der Waals surface area (Å²) in [6.45, 7) is 0. The predicted octanol–water partition coefficient (Wildman–Crippen LogP) is 3.81. The Morgan fingerprint density at radius 1 is 1.44 bits per heavy atom. The monoisotopic (exact) mass is 282 g/mol. The van der Waals surface area contributed by atoms with E-state index in [0.717, 1.165) is 23.7 Å². The van der Waals surface area contributed by atoms with Crippen LogP contribution in [0.3, 0.4) is 0 Å². The second kappa shape index (κ2) is 5.00. The van der Waals surface area contributed by atoms with Gasteiger partial charge in [-0.25, -0.2) is 0 Å². The van der Waals surface area contributed by atoms with Crippen LogP contribution in [0.15, 0.2) is 28.7 Å². The third-order valence-electron chi connectivity index (χ3n) is 3.32. The standard InChI is InChI=1S/C13H15BrO2/c14-12-3-1-2-10(8-12)11-6-9(7-11)4-5-13(15)16/h1-3,8-9,11H,4-7H2,(H,15,16). The van der Waals surface area contributed by atoms with Gasteiger partial charge in [-0.05, 0) is 48.8 Å². The van der Waals surface area contributed by atoms with Crippen molar-refractivity contribution in [1.82, 2.24) is 0 Å². The minimum atomic E-state index is -0.675. The van der Waals surface area contributed by atoms with E-state index < -0.39 is 5.97 Å². The molecule has 2 nitrogen and oxygen atoms in total. The van der Waals surface area contributed by atoms with Gasteiger partial charge in [0.25, 0.3) is 0 Å². The van der Waals surface area contributed by atoms with Gasteiger partial charge in [0.15, 0.2) is 0 Å². The van der Waals surface area contributed by atoms with Gasteiger partial charge in [0.05, 0.1) is 0 Å². The number of rotatable bonds is 4. The van der Waals surface area contributed by atoms with Crippen molar-refractivity contribution in [1.29, 1.82) is 0 Å². The van der Waals surface area contributed by atoms with Gasteiger partial charge in [-0.1, -0.05) is 28.1 Å². The summed E-state index contributed by atoms with van der Waals surface area (Å²) in [5.41, 5.74) is 1.38. The van der Waals surface area contributed by atoms with Crippen LogP contribution in [0.1, 0.15) is 37.2 Å². The molecule has 0 saturated heterocycles. The molecule has 0 bridgehead atoms. The van der Waals surface area contributed by atoms with Crippen molar-refractivity contribution in [3.8, 4) is 0 Å². The molecule has 1 fully saturated rings. The highest BCUT2D eigenvalue weighted by molar-refractivity contribution is 9.10. The molecular formula is C13H15BrO2. The Morgan fingerprint density at radius 2 is 2.19 bits per heavy atom. The number of carboxylic acid groups (broad SMARTS) is 1. The SMILES string of the molecule is O=C(O)CCC1CC(c2cccc(Br)c2)C1. The molecule has 86 valence electrons. The van der Waals surface area contributed by atoms with E-state index in [-0.39, 0.29) is 0 Å². The molecule has 0 heterocycles. The Kier molecular flexibility index (Phi) is 3.64. The Balaban J connectivity index is 1.82. The molecule has 0 radical (unpaired) electrons. The van der Waals surface area contributed by atoms with Gasteiger partial charge in [-0.15, -0.1) is 0 Å². The molecule has 1 aliphatic carbocycles. The van der Waals surface area contributed by atoms with Crippen molar-refractivity contribution in [2.75, 3.05) is 0 Å². The zero-order valence-electron chi connectivity index (χ0n) is 9.03. The van der Waals surface area contributed by atoms with E-state index in [1.54, 1.807) is 0 Å². The first-order valence-corrected chi connectivity index (χ1v) is 6.41. The lowest BCUT2D eigenvalue weighted by molar-refractivity contribution is -0.137. The first-order valence-electron chi connectivity index (χ1n) is 5.62. The molecular weight excluding hydrogens is 268 g/mol. The van der Waals surface area contributed by atoms with Crippen molar-refractivity contribution in [3.63, 3.8) is 0 Å². The fourth-order valence-electron chi connectivity index (χ4n) is 2.33. The molecule has 1 N–H and O–H groups in total. The fourth-order valence-corrected chi connectivity index (χ4v) is 2.75. The summed E-state index contributed by atoms with van der Waals surface area (Å²) in [6.07, 6.45) is 3.43. The largest absolute Gasteiger partial charge is 0.481 e. The van der Waals surface area contributed by atoms with Crippen LogP contribution in [0.2, 0.25) is 0 Å². The first kappa shape index (κ1) is 11.6. The Hall–Kier alpha value is -0.830. The normalized spacial score (nSPS) is 23.8. The highest BCUT2D eigenvalue weighted by Gasteiger charge is 2.30. The zero-order valence-corrected chi connectivity index (χ0v) is 10.6. The Bertz CT molecular complexity index is 383. The third-order valence-corrected chi connectivity index (χ3v) is 3.82. The van der Waals surface area contributed by atoms with Crippen molar-refractivity contribution in [2.45, 2.75) is 31.6 Å². The maximum atomic E-state index is 10.4. The minimum absolute atomic E-state index is 0.315. The number of aliphatic carboxylic acids is 1. The molecule has 0 atom stereocenters. The van der Waals surface area contributed by atoms with Crippen molar-refractivity contribution in [2.24, 2.45) is 5.92 Å². The Labute approximate surface area is 104 Å².